The van der Waals surface area contributed by atoms with Crippen molar-refractivity contribution >= 4 is 40.4 Å². The molecule has 0 atom stereocenters. The maximum Gasteiger partial charge on any atom is 0.275 e. The number of halogens is 3. The highest BCUT2D eigenvalue weighted by atomic mass is 35.5. The summed E-state index contributed by atoms with van der Waals surface area (Å²) in [6.07, 6.45) is 1.95. The van der Waals surface area contributed by atoms with Crippen LogP contribution in [-0.2, 0) is 11.4 Å². The Morgan fingerprint density at radius 1 is 1.10 bits per heavy atom. The van der Waals surface area contributed by atoms with Crippen LogP contribution in [0.3, 0.4) is 0 Å². The van der Waals surface area contributed by atoms with Gasteiger partial charge in [-0.25, -0.2) is 13.5 Å². The molecule has 0 unspecified atom stereocenters. The lowest BCUT2D eigenvalue weighted by Gasteiger charge is -2.23. The van der Waals surface area contributed by atoms with Crippen LogP contribution in [0.25, 0.3) is 11.3 Å². The maximum absolute atomic E-state index is 15.5. The molecule has 0 spiro atoms. The summed E-state index contributed by atoms with van der Waals surface area (Å²) in [4.78, 5) is 27.8. The van der Waals surface area contributed by atoms with Gasteiger partial charge in [0.05, 0.1) is 34.3 Å². The van der Waals surface area contributed by atoms with Crippen molar-refractivity contribution in [3.05, 3.63) is 112 Å². The molecule has 0 aliphatic carbocycles. The number of carbonyl (C=O) groups is 2. The van der Waals surface area contributed by atoms with Crippen molar-refractivity contribution < 1.29 is 23.5 Å². The van der Waals surface area contributed by atoms with Crippen LogP contribution in [0.2, 0.25) is 5.02 Å². The van der Waals surface area contributed by atoms with Crippen LogP contribution in [0, 0.1) is 6.92 Å². The van der Waals surface area contributed by atoms with Gasteiger partial charge in [-0.15, -0.1) is 0 Å². The first-order valence-corrected chi connectivity index (χ1v) is 12.9. The number of carbonyl (C=O) groups excluding carboxylic acids is 2. The molecule has 7 nitrogen and oxygen atoms in total. The van der Waals surface area contributed by atoms with Crippen molar-refractivity contribution in [1.82, 2.24) is 9.78 Å². The van der Waals surface area contributed by atoms with Gasteiger partial charge >= 0.3 is 0 Å². The van der Waals surface area contributed by atoms with Crippen LogP contribution < -0.4 is 10.2 Å². The van der Waals surface area contributed by atoms with E-state index < -0.39 is 29.7 Å². The van der Waals surface area contributed by atoms with Crippen LogP contribution >= 0.6 is 11.6 Å². The average Bonchev–Trinajstić information content (AvgIpc) is 3.34. The number of fused-ring (bicyclic) bond motifs is 1. The minimum atomic E-state index is -3.39. The van der Waals surface area contributed by atoms with E-state index in [9.17, 15) is 14.7 Å². The summed E-state index contributed by atoms with van der Waals surface area (Å²) in [5.74, 6) is -4.67. The molecule has 2 N–H and O–H groups in total. The van der Waals surface area contributed by atoms with Gasteiger partial charge in [-0.05, 0) is 55.0 Å². The molecule has 2 heterocycles. The lowest BCUT2D eigenvalue weighted by atomic mass is 9.97. The molecule has 0 radical (unpaired) electrons. The number of aliphatic hydroxyl groups is 1. The Morgan fingerprint density at radius 2 is 1.85 bits per heavy atom. The predicted molar refractivity (Wildman–Crippen MR) is 150 cm³/mol. The van der Waals surface area contributed by atoms with Crippen LogP contribution in [0.1, 0.15) is 33.6 Å². The number of para-hydroxylation sites is 1. The quantitative estimate of drug-likeness (QED) is 0.291. The Balaban J connectivity index is 1.47. The van der Waals surface area contributed by atoms with E-state index in [0.29, 0.717) is 16.9 Å². The average molecular weight is 563 g/mol. The zero-order valence-corrected chi connectivity index (χ0v) is 22.2. The number of rotatable bonds is 5. The molecular formula is C30H25ClF2N4O3. The molecule has 40 heavy (non-hydrogen) atoms. The van der Waals surface area contributed by atoms with Crippen molar-refractivity contribution in [1.29, 1.82) is 0 Å². The van der Waals surface area contributed by atoms with Crippen molar-refractivity contribution in [2.75, 3.05) is 16.8 Å². The fraction of sp³-hybridized carbons (Fsp3) is 0.167. The zero-order valence-electron chi connectivity index (χ0n) is 21.4. The number of aryl methyl sites for hydroxylation is 1. The van der Waals surface area contributed by atoms with E-state index in [-0.39, 0.29) is 35.0 Å². The Morgan fingerprint density at radius 3 is 2.52 bits per heavy atom. The Hall–Kier alpha value is -4.34. The van der Waals surface area contributed by atoms with Crippen LogP contribution in [0.5, 0.6) is 0 Å². The molecule has 0 fully saturated rings. The number of nitrogens with zero attached hydrogens (tertiary/aromatic N) is 3. The predicted octanol–water partition coefficient (Wildman–Crippen LogP) is 6.03. The number of hydrogen-bond acceptors (Lipinski definition) is 4. The molecule has 2 amide bonds. The number of alkyl halides is 2. The smallest absolute Gasteiger partial charge is 0.275 e. The molecule has 5 rings (SSSR count). The number of aromatic nitrogens is 2. The highest BCUT2D eigenvalue weighted by Gasteiger charge is 2.41. The van der Waals surface area contributed by atoms with Gasteiger partial charge in [0, 0.05) is 42.1 Å². The van der Waals surface area contributed by atoms with E-state index in [1.807, 2.05) is 13.0 Å². The number of allylic oxidation sites excluding steroid dienone is 1. The van der Waals surface area contributed by atoms with Gasteiger partial charge in [0.25, 0.3) is 11.8 Å². The second kappa shape index (κ2) is 11.0. The summed E-state index contributed by atoms with van der Waals surface area (Å²) in [6.45, 7) is 1.40. The Kier molecular flexibility index (Phi) is 7.51. The number of aliphatic hydroxyl groups excluding tert-OH is 1. The summed E-state index contributed by atoms with van der Waals surface area (Å²) < 4.78 is 32.7. The van der Waals surface area contributed by atoms with Gasteiger partial charge in [0.2, 0.25) is 5.91 Å². The summed E-state index contributed by atoms with van der Waals surface area (Å²) in [7, 11) is 0. The summed E-state index contributed by atoms with van der Waals surface area (Å²) in [5, 5.41) is 16.3. The number of amides is 2. The second-order valence-corrected chi connectivity index (χ2v) is 9.80. The van der Waals surface area contributed by atoms with E-state index in [1.165, 1.54) is 11.0 Å². The molecule has 4 aromatic rings. The zero-order chi connectivity index (χ0) is 28.4. The van der Waals surface area contributed by atoms with Crippen molar-refractivity contribution in [3.8, 4) is 5.69 Å². The third kappa shape index (κ3) is 5.52. The minimum Gasteiger partial charge on any atom is -0.392 e. The lowest BCUT2D eigenvalue weighted by Crippen LogP contribution is -2.33. The SMILES string of the molecule is Cc1ccn(-c2ccc(C(=O)N3CCC(F)(F)/C(=C\C(=O)Nc4ccc(CO)cc4)c4ccccc43)c(Cl)c2)n1. The highest BCUT2D eigenvalue weighted by molar-refractivity contribution is 6.34. The molecule has 0 saturated carbocycles. The number of nitrogens with one attached hydrogen (secondary N) is 1. The molecule has 0 bridgehead atoms. The van der Waals surface area contributed by atoms with Crippen molar-refractivity contribution in [2.45, 2.75) is 25.9 Å². The maximum atomic E-state index is 15.5. The topological polar surface area (TPSA) is 87.5 Å². The standard InChI is InChI=1S/C30H25ClF2N4O3/c1-19-12-14-37(35-19)22-10-11-24(26(31)16-22)29(40)36-15-13-30(32,33)25(23-4-2-3-5-27(23)36)17-28(39)34-21-8-6-20(18-38)7-9-21/h2-12,14,16-17,38H,13,15,18H2,1H3,(H,34,39)/b25-17-. The highest BCUT2D eigenvalue weighted by Crippen LogP contribution is 2.43. The normalized spacial score (nSPS) is 15.4. The first kappa shape index (κ1) is 27.2. The lowest BCUT2D eigenvalue weighted by molar-refractivity contribution is -0.112. The third-order valence-electron chi connectivity index (χ3n) is 6.62. The summed E-state index contributed by atoms with van der Waals surface area (Å²) in [6, 6.07) is 19.3. The van der Waals surface area contributed by atoms with Crippen molar-refractivity contribution in [2.24, 2.45) is 0 Å². The first-order valence-electron chi connectivity index (χ1n) is 12.5. The van der Waals surface area contributed by atoms with Gasteiger partial charge < -0.3 is 15.3 Å². The number of anilines is 2. The van der Waals surface area contributed by atoms with E-state index in [0.717, 1.165) is 11.8 Å². The summed E-state index contributed by atoms with van der Waals surface area (Å²) in [5.41, 5.74) is 2.50. The van der Waals surface area contributed by atoms with Crippen LogP contribution in [0.15, 0.2) is 85.1 Å². The molecule has 10 heteroatoms. The monoisotopic (exact) mass is 562 g/mol. The molecule has 1 aliphatic rings. The van der Waals surface area contributed by atoms with E-state index >= 15 is 8.78 Å². The Labute approximate surface area is 234 Å². The Bertz CT molecular complexity index is 1620. The minimum absolute atomic E-state index is 0.0730. The molecule has 3 aromatic carbocycles. The van der Waals surface area contributed by atoms with E-state index in [2.05, 4.69) is 10.4 Å². The third-order valence-corrected chi connectivity index (χ3v) is 6.94. The largest absolute Gasteiger partial charge is 0.392 e. The van der Waals surface area contributed by atoms with Crippen molar-refractivity contribution in [3.63, 3.8) is 0 Å². The molecule has 1 aromatic heterocycles. The fourth-order valence-electron chi connectivity index (χ4n) is 4.56. The second-order valence-electron chi connectivity index (χ2n) is 9.40. The van der Waals surface area contributed by atoms with Gasteiger partial charge in [-0.3, -0.25) is 9.59 Å². The fourth-order valence-corrected chi connectivity index (χ4v) is 4.82. The molecule has 1 aliphatic heterocycles. The summed E-state index contributed by atoms with van der Waals surface area (Å²) >= 11 is 6.50. The molecule has 0 saturated heterocycles. The van der Waals surface area contributed by atoms with Crippen LogP contribution in [0.4, 0.5) is 20.2 Å². The van der Waals surface area contributed by atoms with E-state index in [1.54, 1.807) is 71.5 Å². The number of benzene rings is 3. The number of hydrogen-bond donors (Lipinski definition) is 2. The van der Waals surface area contributed by atoms with Gasteiger partial charge in [-0.1, -0.05) is 41.9 Å². The van der Waals surface area contributed by atoms with Gasteiger partial charge in [-0.2, -0.15) is 5.10 Å². The molecular weight excluding hydrogens is 538 g/mol. The van der Waals surface area contributed by atoms with Crippen LogP contribution in [-0.4, -0.2) is 39.2 Å². The first-order chi connectivity index (χ1) is 19.2. The molecule has 204 valence electrons. The van der Waals surface area contributed by atoms with Gasteiger partial charge in [0.15, 0.2) is 0 Å². The van der Waals surface area contributed by atoms with E-state index in [4.69, 9.17) is 11.6 Å². The van der Waals surface area contributed by atoms with Gasteiger partial charge in [0.1, 0.15) is 0 Å².